The van der Waals surface area contributed by atoms with Gasteiger partial charge in [-0.25, -0.2) is 0 Å². The molecule has 5 nitrogen and oxygen atoms in total. The molecular formula is C15H21N3O2. The molecule has 0 aromatic heterocycles. The summed E-state index contributed by atoms with van der Waals surface area (Å²) >= 11 is 0. The van der Waals surface area contributed by atoms with Crippen LogP contribution in [0.5, 0.6) is 0 Å². The third-order valence-corrected chi connectivity index (χ3v) is 3.62. The standard InChI is InChI=1S/C15H21N3O2/c1-10-8-9-16-13(10)14(19)17-12-6-4-11(5-7-12)15(20)18(2)3/h4-7,10,13,16H,8-9H2,1-3H3,(H,17,19). The summed E-state index contributed by atoms with van der Waals surface area (Å²) in [6.07, 6.45) is 1.02. The molecule has 1 aliphatic rings. The third kappa shape index (κ3) is 3.17. The molecule has 1 heterocycles. The van der Waals surface area contributed by atoms with Gasteiger partial charge in [0.15, 0.2) is 0 Å². The molecule has 0 bridgehead atoms. The number of carbonyl (C=O) groups is 2. The Morgan fingerprint density at radius 3 is 2.40 bits per heavy atom. The van der Waals surface area contributed by atoms with Gasteiger partial charge in [-0.05, 0) is 43.1 Å². The van der Waals surface area contributed by atoms with E-state index in [9.17, 15) is 9.59 Å². The van der Waals surface area contributed by atoms with Gasteiger partial charge in [-0.2, -0.15) is 0 Å². The van der Waals surface area contributed by atoms with E-state index < -0.39 is 0 Å². The summed E-state index contributed by atoms with van der Waals surface area (Å²) in [5.41, 5.74) is 1.33. The Morgan fingerprint density at radius 2 is 1.90 bits per heavy atom. The van der Waals surface area contributed by atoms with Crippen LogP contribution in [0.25, 0.3) is 0 Å². The molecule has 1 aliphatic heterocycles. The zero-order chi connectivity index (χ0) is 14.7. The summed E-state index contributed by atoms with van der Waals surface area (Å²) in [4.78, 5) is 25.4. The molecule has 5 heteroatoms. The van der Waals surface area contributed by atoms with Gasteiger partial charge >= 0.3 is 0 Å². The highest BCUT2D eigenvalue weighted by Crippen LogP contribution is 2.17. The lowest BCUT2D eigenvalue weighted by Gasteiger charge is -2.16. The molecular weight excluding hydrogens is 254 g/mol. The van der Waals surface area contributed by atoms with E-state index in [1.54, 1.807) is 38.4 Å². The van der Waals surface area contributed by atoms with Crippen LogP contribution in [0.1, 0.15) is 23.7 Å². The second kappa shape index (κ2) is 6.05. The minimum absolute atomic E-state index is 0.0123. The second-order valence-corrected chi connectivity index (χ2v) is 5.46. The molecule has 2 atom stereocenters. The van der Waals surface area contributed by atoms with E-state index >= 15 is 0 Å². The fourth-order valence-electron chi connectivity index (χ4n) is 2.36. The van der Waals surface area contributed by atoms with Gasteiger partial charge in [0.25, 0.3) is 5.91 Å². The maximum atomic E-state index is 12.1. The predicted octanol–water partition coefficient (Wildman–Crippen LogP) is 1.32. The van der Waals surface area contributed by atoms with Crippen molar-refractivity contribution >= 4 is 17.5 Å². The Morgan fingerprint density at radius 1 is 1.25 bits per heavy atom. The summed E-state index contributed by atoms with van der Waals surface area (Å²) in [6, 6.07) is 6.84. The van der Waals surface area contributed by atoms with Crippen LogP contribution in [0, 0.1) is 5.92 Å². The first-order valence-electron chi connectivity index (χ1n) is 6.85. The molecule has 2 amide bonds. The van der Waals surface area contributed by atoms with E-state index in [4.69, 9.17) is 0 Å². The van der Waals surface area contributed by atoms with Crippen molar-refractivity contribution in [1.29, 1.82) is 0 Å². The fraction of sp³-hybridized carbons (Fsp3) is 0.467. The zero-order valence-electron chi connectivity index (χ0n) is 12.1. The highest BCUT2D eigenvalue weighted by atomic mass is 16.2. The van der Waals surface area contributed by atoms with Gasteiger partial charge in [0.1, 0.15) is 0 Å². The Balaban J connectivity index is 2.00. The van der Waals surface area contributed by atoms with Gasteiger partial charge in [-0.1, -0.05) is 6.92 Å². The summed E-state index contributed by atoms with van der Waals surface area (Å²) < 4.78 is 0. The Kier molecular flexibility index (Phi) is 4.39. The average molecular weight is 275 g/mol. The Hall–Kier alpha value is -1.88. The maximum Gasteiger partial charge on any atom is 0.253 e. The number of amides is 2. The molecule has 0 radical (unpaired) electrons. The van der Waals surface area contributed by atoms with E-state index in [-0.39, 0.29) is 17.9 Å². The normalized spacial score (nSPS) is 21.6. The van der Waals surface area contributed by atoms with E-state index in [1.165, 1.54) is 4.90 Å². The van der Waals surface area contributed by atoms with Crippen molar-refractivity contribution in [1.82, 2.24) is 10.2 Å². The summed E-state index contributed by atoms with van der Waals surface area (Å²) in [7, 11) is 3.43. The number of nitrogens with zero attached hydrogens (tertiary/aromatic N) is 1. The quantitative estimate of drug-likeness (QED) is 0.874. The number of hydrogen-bond acceptors (Lipinski definition) is 3. The molecule has 1 aromatic carbocycles. The minimum atomic E-state index is -0.127. The van der Waals surface area contributed by atoms with E-state index in [0.29, 0.717) is 17.2 Å². The van der Waals surface area contributed by atoms with Crippen molar-refractivity contribution in [2.75, 3.05) is 26.0 Å². The van der Waals surface area contributed by atoms with Gasteiger partial charge in [-0.15, -0.1) is 0 Å². The molecule has 1 saturated heterocycles. The van der Waals surface area contributed by atoms with Crippen molar-refractivity contribution in [3.8, 4) is 0 Å². The minimum Gasteiger partial charge on any atom is -0.345 e. The van der Waals surface area contributed by atoms with Crippen LogP contribution in [0.2, 0.25) is 0 Å². The number of nitrogens with one attached hydrogen (secondary N) is 2. The maximum absolute atomic E-state index is 12.1. The van der Waals surface area contributed by atoms with E-state index in [0.717, 1.165) is 13.0 Å². The molecule has 2 N–H and O–H groups in total. The molecule has 108 valence electrons. The first kappa shape index (κ1) is 14.5. The monoisotopic (exact) mass is 275 g/mol. The predicted molar refractivity (Wildman–Crippen MR) is 78.7 cm³/mol. The largest absolute Gasteiger partial charge is 0.345 e. The number of carbonyl (C=O) groups excluding carboxylic acids is 2. The Labute approximate surface area is 119 Å². The molecule has 20 heavy (non-hydrogen) atoms. The zero-order valence-corrected chi connectivity index (χ0v) is 12.1. The Bertz CT molecular complexity index is 496. The van der Waals surface area contributed by atoms with Crippen LogP contribution in [0.15, 0.2) is 24.3 Å². The van der Waals surface area contributed by atoms with Crippen molar-refractivity contribution < 1.29 is 9.59 Å². The fourth-order valence-corrected chi connectivity index (χ4v) is 2.36. The molecule has 0 spiro atoms. The highest BCUT2D eigenvalue weighted by Gasteiger charge is 2.29. The van der Waals surface area contributed by atoms with Crippen molar-refractivity contribution in [3.05, 3.63) is 29.8 Å². The van der Waals surface area contributed by atoms with Gasteiger partial charge < -0.3 is 15.5 Å². The van der Waals surface area contributed by atoms with Crippen LogP contribution < -0.4 is 10.6 Å². The van der Waals surface area contributed by atoms with Crippen LogP contribution >= 0.6 is 0 Å². The van der Waals surface area contributed by atoms with E-state index in [2.05, 4.69) is 17.6 Å². The molecule has 1 fully saturated rings. The number of rotatable bonds is 3. The first-order chi connectivity index (χ1) is 9.49. The molecule has 0 saturated carbocycles. The second-order valence-electron chi connectivity index (χ2n) is 5.46. The number of anilines is 1. The van der Waals surface area contributed by atoms with Crippen LogP contribution in [-0.2, 0) is 4.79 Å². The third-order valence-electron chi connectivity index (χ3n) is 3.62. The highest BCUT2D eigenvalue weighted by molar-refractivity contribution is 5.97. The molecule has 2 rings (SSSR count). The van der Waals surface area contributed by atoms with E-state index in [1.807, 2.05) is 0 Å². The summed E-state index contributed by atoms with van der Waals surface area (Å²) in [5.74, 6) is 0.292. The lowest BCUT2D eigenvalue weighted by atomic mass is 10.0. The average Bonchev–Trinajstić information content (AvgIpc) is 2.85. The van der Waals surface area contributed by atoms with Gasteiger partial charge in [-0.3, -0.25) is 9.59 Å². The van der Waals surface area contributed by atoms with Gasteiger partial charge in [0.2, 0.25) is 5.91 Å². The van der Waals surface area contributed by atoms with Crippen molar-refractivity contribution in [2.24, 2.45) is 5.92 Å². The SMILES string of the molecule is CC1CCNC1C(=O)Nc1ccc(C(=O)N(C)C)cc1. The van der Waals surface area contributed by atoms with Crippen LogP contribution in [-0.4, -0.2) is 43.4 Å². The van der Waals surface area contributed by atoms with Crippen molar-refractivity contribution in [2.45, 2.75) is 19.4 Å². The summed E-state index contributed by atoms with van der Waals surface area (Å²) in [5, 5.41) is 6.08. The van der Waals surface area contributed by atoms with Crippen molar-refractivity contribution in [3.63, 3.8) is 0 Å². The molecule has 0 aliphatic carbocycles. The number of hydrogen-bond donors (Lipinski definition) is 2. The smallest absolute Gasteiger partial charge is 0.253 e. The summed E-state index contributed by atoms with van der Waals surface area (Å²) in [6.45, 7) is 2.96. The van der Waals surface area contributed by atoms with Gasteiger partial charge in [0.05, 0.1) is 6.04 Å². The number of benzene rings is 1. The molecule has 2 unspecified atom stereocenters. The lowest BCUT2D eigenvalue weighted by Crippen LogP contribution is -2.39. The van der Waals surface area contributed by atoms with Crippen LogP contribution in [0.3, 0.4) is 0 Å². The lowest BCUT2D eigenvalue weighted by molar-refractivity contribution is -0.118. The van der Waals surface area contributed by atoms with Gasteiger partial charge in [0, 0.05) is 25.3 Å². The van der Waals surface area contributed by atoms with Crippen LogP contribution in [0.4, 0.5) is 5.69 Å². The first-order valence-corrected chi connectivity index (χ1v) is 6.85. The molecule has 1 aromatic rings. The topological polar surface area (TPSA) is 61.4 Å².